The van der Waals surface area contributed by atoms with Crippen LogP contribution in [0, 0.1) is 5.92 Å². The molecule has 0 radical (unpaired) electrons. The molecule has 2 fully saturated rings. The Kier molecular flexibility index (Phi) is 2.54. The lowest BCUT2D eigenvalue weighted by Gasteiger charge is -2.30. The Morgan fingerprint density at radius 2 is 2.15 bits per heavy atom. The van der Waals surface area contributed by atoms with Crippen LogP contribution in [0.2, 0.25) is 0 Å². The minimum atomic E-state index is 0.219. The molecule has 2 aliphatic rings. The van der Waals surface area contributed by atoms with Gasteiger partial charge < -0.3 is 10.6 Å². The quantitative estimate of drug-likeness (QED) is 0.684. The molecule has 1 atom stereocenters. The average molecular weight is 182 g/mol. The first-order valence-electron chi connectivity index (χ1n) is 5.29. The van der Waals surface area contributed by atoms with Gasteiger partial charge in [-0.2, -0.15) is 0 Å². The largest absolute Gasteiger partial charge is 0.341 e. The van der Waals surface area contributed by atoms with E-state index >= 15 is 0 Å². The van der Waals surface area contributed by atoms with E-state index in [-0.39, 0.29) is 6.04 Å². The number of likely N-dealkylation sites (tertiary alicyclic amines) is 1. The van der Waals surface area contributed by atoms with Crippen molar-refractivity contribution in [3.05, 3.63) is 0 Å². The normalized spacial score (nSPS) is 29.0. The van der Waals surface area contributed by atoms with Crippen LogP contribution in [0.1, 0.15) is 32.1 Å². The van der Waals surface area contributed by atoms with E-state index in [1.165, 1.54) is 12.8 Å². The van der Waals surface area contributed by atoms with E-state index in [2.05, 4.69) is 0 Å². The Hall–Kier alpha value is -0.570. The molecule has 1 saturated heterocycles. The van der Waals surface area contributed by atoms with Crippen molar-refractivity contribution in [2.45, 2.75) is 38.1 Å². The summed E-state index contributed by atoms with van der Waals surface area (Å²) in [5.41, 5.74) is 5.82. The highest BCUT2D eigenvalue weighted by Crippen LogP contribution is 2.33. The topological polar surface area (TPSA) is 46.3 Å². The van der Waals surface area contributed by atoms with E-state index in [1.807, 2.05) is 4.90 Å². The van der Waals surface area contributed by atoms with Crippen LogP contribution in [-0.4, -0.2) is 29.9 Å². The second kappa shape index (κ2) is 3.66. The van der Waals surface area contributed by atoms with Crippen molar-refractivity contribution in [2.75, 3.05) is 13.1 Å². The molecule has 1 aliphatic heterocycles. The summed E-state index contributed by atoms with van der Waals surface area (Å²) in [5, 5.41) is 0. The molecular weight excluding hydrogens is 164 g/mol. The van der Waals surface area contributed by atoms with Gasteiger partial charge >= 0.3 is 0 Å². The van der Waals surface area contributed by atoms with Crippen molar-refractivity contribution in [1.82, 2.24) is 4.90 Å². The van der Waals surface area contributed by atoms with Crippen LogP contribution in [0.15, 0.2) is 0 Å². The number of piperidine rings is 1. The van der Waals surface area contributed by atoms with Crippen LogP contribution in [0.25, 0.3) is 0 Å². The van der Waals surface area contributed by atoms with Crippen molar-refractivity contribution in [3.8, 4) is 0 Å². The van der Waals surface area contributed by atoms with Gasteiger partial charge in [-0.15, -0.1) is 0 Å². The molecule has 3 nitrogen and oxygen atoms in total. The van der Waals surface area contributed by atoms with Crippen molar-refractivity contribution in [1.29, 1.82) is 0 Å². The Labute approximate surface area is 79.3 Å². The zero-order chi connectivity index (χ0) is 9.26. The van der Waals surface area contributed by atoms with E-state index in [4.69, 9.17) is 5.73 Å². The second-order valence-corrected chi connectivity index (χ2v) is 4.39. The molecular formula is C10H18N2O. The van der Waals surface area contributed by atoms with Crippen molar-refractivity contribution in [2.24, 2.45) is 11.7 Å². The van der Waals surface area contributed by atoms with E-state index in [9.17, 15) is 4.79 Å². The highest BCUT2D eigenvalue weighted by Gasteiger charge is 2.28. The maximum atomic E-state index is 11.7. The molecule has 3 heteroatoms. The summed E-state index contributed by atoms with van der Waals surface area (Å²) in [5.74, 6) is 1.03. The molecule has 1 amide bonds. The minimum Gasteiger partial charge on any atom is -0.341 e. The van der Waals surface area contributed by atoms with Gasteiger partial charge in [0.05, 0.1) is 0 Å². The van der Waals surface area contributed by atoms with Crippen LogP contribution in [0.5, 0.6) is 0 Å². The zero-order valence-corrected chi connectivity index (χ0v) is 8.04. The number of carbonyl (C=O) groups is 1. The number of carbonyl (C=O) groups excluding carboxylic acids is 1. The zero-order valence-electron chi connectivity index (χ0n) is 8.04. The van der Waals surface area contributed by atoms with Crippen molar-refractivity contribution in [3.63, 3.8) is 0 Å². The Bertz CT molecular complexity index is 201. The first kappa shape index (κ1) is 9.00. The fraction of sp³-hybridized carbons (Fsp3) is 0.900. The smallest absolute Gasteiger partial charge is 0.222 e. The summed E-state index contributed by atoms with van der Waals surface area (Å²) in [6.07, 6.45) is 5.44. The maximum absolute atomic E-state index is 11.7. The molecule has 0 aromatic carbocycles. The third-order valence-electron chi connectivity index (χ3n) is 2.97. The molecule has 2 rings (SSSR count). The fourth-order valence-corrected chi connectivity index (χ4v) is 1.93. The highest BCUT2D eigenvalue weighted by atomic mass is 16.2. The molecule has 0 bridgehead atoms. The van der Waals surface area contributed by atoms with Crippen LogP contribution >= 0.6 is 0 Å². The molecule has 1 aliphatic carbocycles. The van der Waals surface area contributed by atoms with Gasteiger partial charge in [-0.05, 0) is 31.6 Å². The summed E-state index contributed by atoms with van der Waals surface area (Å²) in [6, 6.07) is 0.219. The summed E-state index contributed by atoms with van der Waals surface area (Å²) in [6.45, 7) is 1.71. The van der Waals surface area contributed by atoms with Gasteiger partial charge in [-0.1, -0.05) is 0 Å². The van der Waals surface area contributed by atoms with E-state index < -0.39 is 0 Å². The van der Waals surface area contributed by atoms with Crippen LogP contribution < -0.4 is 5.73 Å². The number of rotatable bonds is 2. The molecule has 74 valence electrons. The molecule has 2 N–H and O–H groups in total. The lowest BCUT2D eigenvalue weighted by Crippen LogP contribution is -2.45. The van der Waals surface area contributed by atoms with E-state index in [1.54, 1.807) is 0 Å². The molecule has 0 aromatic rings. The van der Waals surface area contributed by atoms with Gasteiger partial charge in [0.2, 0.25) is 5.91 Å². The third kappa shape index (κ3) is 2.44. The first-order chi connectivity index (χ1) is 6.25. The Balaban J connectivity index is 1.80. The molecule has 13 heavy (non-hydrogen) atoms. The average Bonchev–Trinajstić information content (AvgIpc) is 2.88. The lowest BCUT2D eigenvalue weighted by molar-refractivity contribution is -0.132. The number of hydrogen-bond donors (Lipinski definition) is 1. The maximum Gasteiger partial charge on any atom is 0.222 e. The molecule has 1 heterocycles. The number of nitrogens with two attached hydrogens (primary N) is 1. The first-order valence-corrected chi connectivity index (χ1v) is 5.29. The van der Waals surface area contributed by atoms with Gasteiger partial charge in [0.25, 0.3) is 0 Å². The summed E-state index contributed by atoms with van der Waals surface area (Å²) in [7, 11) is 0. The molecule has 0 spiro atoms. The van der Waals surface area contributed by atoms with Gasteiger partial charge in [-0.3, -0.25) is 4.79 Å². The standard InChI is InChI=1S/C10H18N2O/c11-9-2-1-5-12(7-9)10(13)6-8-3-4-8/h8-9H,1-7,11H2. The Morgan fingerprint density at radius 3 is 2.77 bits per heavy atom. The molecule has 0 aromatic heterocycles. The highest BCUT2D eigenvalue weighted by molar-refractivity contribution is 5.76. The van der Waals surface area contributed by atoms with Crippen molar-refractivity contribution >= 4 is 5.91 Å². The van der Waals surface area contributed by atoms with Crippen LogP contribution in [0.4, 0.5) is 0 Å². The molecule has 1 unspecified atom stereocenters. The third-order valence-corrected chi connectivity index (χ3v) is 2.97. The van der Waals surface area contributed by atoms with E-state index in [0.717, 1.165) is 32.4 Å². The minimum absolute atomic E-state index is 0.219. The predicted molar refractivity (Wildman–Crippen MR) is 51.1 cm³/mol. The van der Waals surface area contributed by atoms with Gasteiger partial charge in [0.1, 0.15) is 0 Å². The van der Waals surface area contributed by atoms with Gasteiger partial charge in [-0.25, -0.2) is 0 Å². The summed E-state index contributed by atoms with van der Waals surface area (Å²) in [4.78, 5) is 13.6. The Morgan fingerprint density at radius 1 is 1.38 bits per heavy atom. The van der Waals surface area contributed by atoms with Gasteiger partial charge in [0.15, 0.2) is 0 Å². The van der Waals surface area contributed by atoms with Crippen molar-refractivity contribution < 1.29 is 4.79 Å². The van der Waals surface area contributed by atoms with Gasteiger partial charge in [0, 0.05) is 25.6 Å². The predicted octanol–water partition coefficient (Wildman–Crippen LogP) is 0.736. The summed E-state index contributed by atoms with van der Waals surface area (Å²) >= 11 is 0. The number of hydrogen-bond acceptors (Lipinski definition) is 2. The lowest BCUT2D eigenvalue weighted by atomic mass is 10.1. The van der Waals surface area contributed by atoms with Crippen LogP contribution in [-0.2, 0) is 4.79 Å². The fourth-order valence-electron chi connectivity index (χ4n) is 1.93. The summed E-state index contributed by atoms with van der Waals surface area (Å²) < 4.78 is 0. The number of nitrogens with zero attached hydrogens (tertiary/aromatic N) is 1. The second-order valence-electron chi connectivity index (χ2n) is 4.39. The van der Waals surface area contributed by atoms with Crippen LogP contribution in [0.3, 0.4) is 0 Å². The molecule has 1 saturated carbocycles. The monoisotopic (exact) mass is 182 g/mol. The SMILES string of the molecule is NC1CCCN(C(=O)CC2CC2)C1. The number of amides is 1. The van der Waals surface area contributed by atoms with E-state index in [0.29, 0.717) is 11.8 Å².